The van der Waals surface area contributed by atoms with Gasteiger partial charge < -0.3 is 5.32 Å². The average Bonchev–Trinajstić information content (AvgIpc) is 3.12. The van der Waals surface area contributed by atoms with Crippen molar-refractivity contribution in [2.45, 2.75) is 6.54 Å². The molecule has 0 spiro atoms. The number of pyridine rings is 1. The van der Waals surface area contributed by atoms with E-state index in [1.165, 1.54) is 0 Å². The molecule has 0 aliphatic rings. The number of carbonyl (C=O) groups excluding carboxylic acids is 1. The van der Waals surface area contributed by atoms with E-state index in [2.05, 4.69) is 15.4 Å². The summed E-state index contributed by atoms with van der Waals surface area (Å²) in [5.74, 6) is -0.229. The van der Waals surface area contributed by atoms with Crippen molar-refractivity contribution in [3.8, 4) is 0 Å². The molecule has 0 atom stereocenters. The fraction of sp³-hybridized carbons (Fsp3) is 0.0500. The van der Waals surface area contributed by atoms with Gasteiger partial charge in [-0.15, -0.1) is 0 Å². The van der Waals surface area contributed by atoms with Crippen molar-refractivity contribution < 1.29 is 4.79 Å². The molecule has 0 saturated carbocycles. The Bertz CT molecular complexity index is 1090. The van der Waals surface area contributed by atoms with Crippen LogP contribution >= 0.6 is 11.6 Å². The highest BCUT2D eigenvalue weighted by Gasteiger charge is 2.10. The molecule has 4 rings (SSSR count). The molecule has 0 aliphatic heterocycles. The van der Waals surface area contributed by atoms with Gasteiger partial charge in [-0.2, -0.15) is 5.10 Å². The first-order chi connectivity index (χ1) is 12.7. The summed E-state index contributed by atoms with van der Waals surface area (Å²) in [7, 11) is 0. The maximum atomic E-state index is 12.5. The van der Waals surface area contributed by atoms with E-state index in [9.17, 15) is 4.79 Å². The lowest BCUT2D eigenvalue weighted by molar-refractivity contribution is 0.102. The molecule has 0 fully saturated rings. The Morgan fingerprint density at radius 3 is 2.77 bits per heavy atom. The lowest BCUT2D eigenvalue weighted by Crippen LogP contribution is -2.11. The van der Waals surface area contributed by atoms with E-state index in [1.807, 2.05) is 54.6 Å². The SMILES string of the molecule is O=C(Nc1cnc2ccccc2c1)c1cnn(Cc2ccccc2Cl)c1. The summed E-state index contributed by atoms with van der Waals surface area (Å²) in [6.45, 7) is 0.504. The van der Waals surface area contributed by atoms with Crippen LogP contribution in [0.5, 0.6) is 0 Å². The van der Waals surface area contributed by atoms with E-state index < -0.39 is 0 Å². The number of hydrogen-bond donors (Lipinski definition) is 1. The second kappa shape index (κ2) is 6.98. The molecule has 0 radical (unpaired) electrons. The van der Waals surface area contributed by atoms with Crippen LogP contribution in [0, 0.1) is 0 Å². The molecular weight excluding hydrogens is 348 g/mol. The monoisotopic (exact) mass is 362 g/mol. The smallest absolute Gasteiger partial charge is 0.258 e. The fourth-order valence-electron chi connectivity index (χ4n) is 2.71. The standard InChI is InChI=1S/C20H15ClN4O/c21-18-7-3-1-6-15(18)12-25-13-16(10-23-25)20(26)24-17-9-14-5-2-4-8-19(14)22-11-17/h1-11,13H,12H2,(H,24,26). The Morgan fingerprint density at radius 2 is 1.88 bits per heavy atom. The van der Waals surface area contributed by atoms with E-state index in [-0.39, 0.29) is 5.91 Å². The van der Waals surface area contributed by atoms with Crippen LogP contribution in [0.3, 0.4) is 0 Å². The zero-order valence-corrected chi connectivity index (χ0v) is 14.5. The lowest BCUT2D eigenvalue weighted by atomic mass is 10.2. The Labute approximate surface area is 155 Å². The molecular formula is C20H15ClN4O. The summed E-state index contributed by atoms with van der Waals surface area (Å²) in [5, 5.41) is 8.75. The maximum absolute atomic E-state index is 12.5. The molecule has 2 heterocycles. The number of carbonyl (C=O) groups is 1. The highest BCUT2D eigenvalue weighted by Crippen LogP contribution is 2.18. The van der Waals surface area contributed by atoms with Crippen LogP contribution < -0.4 is 5.32 Å². The lowest BCUT2D eigenvalue weighted by Gasteiger charge is -2.05. The molecule has 1 amide bonds. The van der Waals surface area contributed by atoms with Crippen LogP contribution in [-0.4, -0.2) is 20.7 Å². The van der Waals surface area contributed by atoms with Gasteiger partial charge in [-0.3, -0.25) is 14.5 Å². The molecule has 2 aromatic carbocycles. The second-order valence-corrected chi connectivity index (χ2v) is 6.30. The Kier molecular flexibility index (Phi) is 4.37. The highest BCUT2D eigenvalue weighted by molar-refractivity contribution is 6.31. The minimum atomic E-state index is -0.229. The minimum Gasteiger partial charge on any atom is -0.320 e. The van der Waals surface area contributed by atoms with E-state index >= 15 is 0 Å². The number of hydrogen-bond acceptors (Lipinski definition) is 3. The van der Waals surface area contributed by atoms with E-state index in [1.54, 1.807) is 23.3 Å². The van der Waals surface area contributed by atoms with Gasteiger partial charge in [0.1, 0.15) is 0 Å². The van der Waals surface area contributed by atoms with Crippen LogP contribution in [0.1, 0.15) is 15.9 Å². The maximum Gasteiger partial charge on any atom is 0.258 e. The number of nitrogens with zero attached hydrogens (tertiary/aromatic N) is 3. The summed E-state index contributed by atoms with van der Waals surface area (Å²) in [4.78, 5) is 16.8. The normalized spacial score (nSPS) is 10.8. The quantitative estimate of drug-likeness (QED) is 0.586. The second-order valence-electron chi connectivity index (χ2n) is 5.89. The van der Waals surface area contributed by atoms with Gasteiger partial charge in [-0.1, -0.05) is 48.0 Å². The van der Waals surface area contributed by atoms with Gasteiger partial charge in [0.15, 0.2) is 0 Å². The zero-order chi connectivity index (χ0) is 17.9. The van der Waals surface area contributed by atoms with Gasteiger partial charge >= 0.3 is 0 Å². The Hall–Kier alpha value is -3.18. The molecule has 6 heteroatoms. The van der Waals surface area contributed by atoms with Crippen LogP contribution in [0.2, 0.25) is 5.02 Å². The zero-order valence-electron chi connectivity index (χ0n) is 13.8. The third-order valence-corrected chi connectivity index (χ3v) is 4.40. The minimum absolute atomic E-state index is 0.229. The number of aromatic nitrogens is 3. The van der Waals surface area contributed by atoms with Crippen molar-refractivity contribution in [1.29, 1.82) is 0 Å². The van der Waals surface area contributed by atoms with Crippen LogP contribution in [0.4, 0.5) is 5.69 Å². The largest absolute Gasteiger partial charge is 0.320 e. The van der Waals surface area contributed by atoms with Gasteiger partial charge in [-0.05, 0) is 23.8 Å². The summed E-state index contributed by atoms with van der Waals surface area (Å²) in [5.41, 5.74) is 2.96. The molecule has 0 saturated heterocycles. The number of halogens is 1. The van der Waals surface area contributed by atoms with Crippen LogP contribution in [-0.2, 0) is 6.54 Å². The summed E-state index contributed by atoms with van der Waals surface area (Å²) < 4.78 is 1.69. The molecule has 5 nitrogen and oxygen atoms in total. The number of amides is 1. The Balaban J connectivity index is 1.49. The van der Waals surface area contributed by atoms with Gasteiger partial charge in [0, 0.05) is 16.6 Å². The third-order valence-electron chi connectivity index (χ3n) is 4.03. The van der Waals surface area contributed by atoms with Gasteiger partial charge in [0.2, 0.25) is 0 Å². The van der Waals surface area contributed by atoms with Gasteiger partial charge in [-0.25, -0.2) is 0 Å². The number of anilines is 1. The first kappa shape index (κ1) is 16.3. The molecule has 0 aliphatic carbocycles. The molecule has 4 aromatic rings. The van der Waals surface area contributed by atoms with Crippen molar-refractivity contribution >= 4 is 34.1 Å². The van der Waals surface area contributed by atoms with Gasteiger partial charge in [0.25, 0.3) is 5.91 Å². The molecule has 26 heavy (non-hydrogen) atoms. The predicted octanol–water partition coefficient (Wildman–Crippen LogP) is 4.39. The number of benzene rings is 2. The van der Waals surface area contributed by atoms with Crippen molar-refractivity contribution in [1.82, 2.24) is 14.8 Å². The number of rotatable bonds is 4. The van der Waals surface area contributed by atoms with Gasteiger partial charge in [0.05, 0.1) is 35.7 Å². The van der Waals surface area contributed by atoms with Crippen molar-refractivity contribution in [2.75, 3.05) is 5.32 Å². The van der Waals surface area contributed by atoms with Crippen molar-refractivity contribution in [3.63, 3.8) is 0 Å². The molecule has 128 valence electrons. The first-order valence-electron chi connectivity index (χ1n) is 8.11. The summed E-state index contributed by atoms with van der Waals surface area (Å²) >= 11 is 6.17. The van der Waals surface area contributed by atoms with Crippen LogP contribution in [0.15, 0.2) is 73.2 Å². The van der Waals surface area contributed by atoms with E-state index in [0.29, 0.717) is 22.8 Å². The summed E-state index contributed by atoms with van der Waals surface area (Å²) in [6, 6.07) is 17.2. The number of fused-ring (bicyclic) bond motifs is 1. The van der Waals surface area contributed by atoms with E-state index in [4.69, 9.17) is 11.6 Å². The molecule has 1 N–H and O–H groups in total. The predicted molar refractivity (Wildman–Crippen MR) is 102 cm³/mol. The molecule has 2 aromatic heterocycles. The highest BCUT2D eigenvalue weighted by atomic mass is 35.5. The first-order valence-corrected chi connectivity index (χ1v) is 8.49. The van der Waals surface area contributed by atoms with E-state index in [0.717, 1.165) is 16.5 Å². The summed E-state index contributed by atoms with van der Waals surface area (Å²) in [6.07, 6.45) is 4.89. The Morgan fingerprint density at radius 1 is 1.08 bits per heavy atom. The molecule has 0 bridgehead atoms. The fourth-order valence-corrected chi connectivity index (χ4v) is 2.91. The topological polar surface area (TPSA) is 59.8 Å². The third kappa shape index (κ3) is 3.43. The van der Waals surface area contributed by atoms with Crippen LogP contribution in [0.25, 0.3) is 10.9 Å². The van der Waals surface area contributed by atoms with Crippen molar-refractivity contribution in [3.05, 3.63) is 89.3 Å². The molecule has 0 unspecified atom stereocenters. The average molecular weight is 363 g/mol. The number of nitrogens with one attached hydrogen (secondary N) is 1. The van der Waals surface area contributed by atoms with Crippen molar-refractivity contribution in [2.24, 2.45) is 0 Å². The number of para-hydroxylation sites is 1.